The van der Waals surface area contributed by atoms with Crippen molar-refractivity contribution < 1.29 is 14.3 Å². The first-order chi connectivity index (χ1) is 18.1. The van der Waals surface area contributed by atoms with Gasteiger partial charge in [-0.2, -0.15) is 0 Å². The van der Waals surface area contributed by atoms with Gasteiger partial charge in [0, 0.05) is 34.6 Å². The molecule has 180 valence electrons. The Hall–Kier alpha value is -5.15. The number of esters is 1. The maximum atomic E-state index is 12.6. The number of H-pyrrole nitrogens is 1. The van der Waals surface area contributed by atoms with Crippen molar-refractivity contribution in [2.24, 2.45) is 0 Å². The summed E-state index contributed by atoms with van der Waals surface area (Å²) in [5.41, 5.74) is 6.07. The van der Waals surface area contributed by atoms with Crippen molar-refractivity contribution >= 4 is 28.5 Å². The smallest absolute Gasteiger partial charge is 0.338 e. The first-order valence-corrected chi connectivity index (χ1v) is 11.7. The molecule has 0 atom stereocenters. The lowest BCUT2D eigenvalue weighted by Crippen LogP contribution is -2.14. The molecule has 0 spiro atoms. The number of rotatable bonds is 5. The van der Waals surface area contributed by atoms with Crippen molar-refractivity contribution in [2.45, 2.75) is 6.42 Å². The first kappa shape index (κ1) is 23.6. The van der Waals surface area contributed by atoms with Crippen LogP contribution in [0.25, 0.3) is 22.0 Å². The van der Waals surface area contributed by atoms with E-state index in [2.05, 4.69) is 27.1 Å². The minimum atomic E-state index is -0.417. The van der Waals surface area contributed by atoms with E-state index in [1.807, 2.05) is 60.8 Å². The van der Waals surface area contributed by atoms with Gasteiger partial charge in [-0.1, -0.05) is 42.2 Å². The standard InChI is InChI=1S/C31H23N3O3/c1-37-31(36)27-6-2-4-24(30(27)25-14-13-23-15-17-33-28(23)19-25)12-11-21-7-9-22(10-8-21)18-29(35)34-26-5-3-16-32-20-26/h2-10,13-17,19-20,33H,18H2,1H3,(H,34,35). The van der Waals surface area contributed by atoms with Gasteiger partial charge in [0.25, 0.3) is 0 Å². The zero-order valence-corrected chi connectivity index (χ0v) is 20.1. The molecular formula is C31H23N3O3. The van der Waals surface area contributed by atoms with Crippen LogP contribution in [-0.2, 0) is 16.0 Å². The highest BCUT2D eigenvalue weighted by Gasteiger charge is 2.17. The summed E-state index contributed by atoms with van der Waals surface area (Å²) in [6, 6.07) is 24.5. The number of amides is 1. The highest BCUT2D eigenvalue weighted by atomic mass is 16.5. The Morgan fingerprint density at radius 3 is 2.62 bits per heavy atom. The molecule has 0 saturated carbocycles. The molecule has 0 unspecified atom stereocenters. The summed E-state index contributed by atoms with van der Waals surface area (Å²) in [6.07, 6.45) is 5.39. The number of hydrogen-bond donors (Lipinski definition) is 2. The zero-order valence-electron chi connectivity index (χ0n) is 20.1. The van der Waals surface area contributed by atoms with Crippen molar-refractivity contribution in [3.63, 3.8) is 0 Å². The lowest BCUT2D eigenvalue weighted by atomic mass is 9.93. The van der Waals surface area contributed by atoms with Crippen LogP contribution in [0.3, 0.4) is 0 Å². The van der Waals surface area contributed by atoms with E-state index in [0.717, 1.165) is 33.2 Å². The number of benzene rings is 3. The quantitative estimate of drug-likeness (QED) is 0.251. The van der Waals surface area contributed by atoms with Gasteiger partial charge in [0.05, 0.1) is 31.0 Å². The van der Waals surface area contributed by atoms with Crippen LogP contribution in [0.15, 0.2) is 97.5 Å². The van der Waals surface area contributed by atoms with Crippen molar-refractivity contribution in [3.8, 4) is 23.0 Å². The van der Waals surface area contributed by atoms with Gasteiger partial charge in [-0.3, -0.25) is 9.78 Å². The van der Waals surface area contributed by atoms with Crippen LogP contribution in [-0.4, -0.2) is 29.0 Å². The van der Waals surface area contributed by atoms with Crippen LogP contribution in [0, 0.1) is 11.8 Å². The Labute approximate surface area is 214 Å². The number of nitrogens with zero attached hydrogens (tertiary/aromatic N) is 1. The van der Waals surface area contributed by atoms with Crippen molar-refractivity contribution in [1.82, 2.24) is 9.97 Å². The number of ether oxygens (including phenoxy) is 1. The molecule has 0 aliphatic rings. The second-order valence-electron chi connectivity index (χ2n) is 8.41. The van der Waals surface area contributed by atoms with E-state index in [1.54, 1.807) is 36.7 Å². The molecule has 1 amide bonds. The third-order valence-electron chi connectivity index (χ3n) is 5.92. The van der Waals surface area contributed by atoms with Gasteiger partial charge in [0.1, 0.15) is 0 Å². The minimum absolute atomic E-state index is 0.116. The molecule has 2 N–H and O–H groups in total. The largest absolute Gasteiger partial charge is 0.465 e. The SMILES string of the molecule is COC(=O)c1cccc(C#Cc2ccc(CC(=O)Nc3cccnc3)cc2)c1-c1ccc2cc[nH]c2c1. The Kier molecular flexibility index (Phi) is 6.78. The maximum absolute atomic E-state index is 12.6. The summed E-state index contributed by atoms with van der Waals surface area (Å²) in [6.45, 7) is 0. The third-order valence-corrected chi connectivity index (χ3v) is 5.92. The molecule has 0 aliphatic carbocycles. The van der Waals surface area contributed by atoms with Gasteiger partial charge in [0.2, 0.25) is 5.91 Å². The second-order valence-corrected chi connectivity index (χ2v) is 8.41. The highest BCUT2D eigenvalue weighted by molar-refractivity contribution is 6.00. The molecular weight excluding hydrogens is 462 g/mol. The molecule has 5 rings (SSSR count). The van der Waals surface area contributed by atoms with Gasteiger partial charge in [-0.15, -0.1) is 0 Å². The number of aromatic nitrogens is 2. The normalized spacial score (nSPS) is 10.4. The number of pyridine rings is 1. The molecule has 0 bridgehead atoms. The van der Waals surface area contributed by atoms with E-state index in [4.69, 9.17) is 4.74 Å². The molecule has 0 saturated heterocycles. The maximum Gasteiger partial charge on any atom is 0.338 e. The van der Waals surface area contributed by atoms with E-state index >= 15 is 0 Å². The molecule has 2 heterocycles. The summed E-state index contributed by atoms with van der Waals surface area (Å²) in [7, 11) is 1.37. The molecule has 37 heavy (non-hydrogen) atoms. The number of methoxy groups -OCH3 is 1. The summed E-state index contributed by atoms with van der Waals surface area (Å²) < 4.78 is 5.04. The van der Waals surface area contributed by atoms with E-state index in [-0.39, 0.29) is 12.3 Å². The van der Waals surface area contributed by atoms with Crippen molar-refractivity contribution in [3.05, 3.63) is 120 Å². The summed E-state index contributed by atoms with van der Waals surface area (Å²) in [5, 5.41) is 3.92. The van der Waals surface area contributed by atoms with Crippen LogP contribution in [0.1, 0.15) is 27.0 Å². The molecule has 0 aliphatic heterocycles. The van der Waals surface area contributed by atoms with E-state index in [1.165, 1.54) is 7.11 Å². The van der Waals surface area contributed by atoms with Gasteiger partial charge >= 0.3 is 5.97 Å². The number of carbonyl (C=O) groups is 2. The average molecular weight is 486 g/mol. The molecule has 0 radical (unpaired) electrons. The lowest BCUT2D eigenvalue weighted by molar-refractivity contribution is -0.115. The summed E-state index contributed by atoms with van der Waals surface area (Å²) in [4.78, 5) is 32.1. The first-order valence-electron chi connectivity index (χ1n) is 11.7. The zero-order chi connectivity index (χ0) is 25.6. The fourth-order valence-corrected chi connectivity index (χ4v) is 4.12. The molecule has 0 fully saturated rings. The van der Waals surface area contributed by atoms with Crippen LogP contribution < -0.4 is 5.32 Å². The topological polar surface area (TPSA) is 84.1 Å². The van der Waals surface area contributed by atoms with Crippen molar-refractivity contribution in [2.75, 3.05) is 12.4 Å². The number of aromatic amines is 1. The van der Waals surface area contributed by atoms with Crippen LogP contribution in [0.5, 0.6) is 0 Å². The Morgan fingerprint density at radius 2 is 1.84 bits per heavy atom. The van der Waals surface area contributed by atoms with Gasteiger partial charge in [-0.05, 0) is 65.0 Å². The van der Waals surface area contributed by atoms with E-state index < -0.39 is 5.97 Å². The molecule has 2 aromatic heterocycles. The van der Waals surface area contributed by atoms with Crippen LogP contribution >= 0.6 is 0 Å². The Balaban J connectivity index is 1.41. The third kappa shape index (κ3) is 5.42. The fourth-order valence-electron chi connectivity index (χ4n) is 4.12. The van der Waals surface area contributed by atoms with Gasteiger partial charge in [-0.25, -0.2) is 4.79 Å². The predicted octanol–water partition coefficient (Wildman–Crippen LogP) is 5.60. The Morgan fingerprint density at radius 1 is 0.973 bits per heavy atom. The van der Waals surface area contributed by atoms with Gasteiger partial charge < -0.3 is 15.0 Å². The number of anilines is 1. The molecule has 3 aromatic carbocycles. The summed E-state index contributed by atoms with van der Waals surface area (Å²) in [5.74, 6) is 5.88. The average Bonchev–Trinajstić information content (AvgIpc) is 3.40. The fraction of sp³-hybridized carbons (Fsp3) is 0.0645. The molecule has 6 heteroatoms. The highest BCUT2D eigenvalue weighted by Crippen LogP contribution is 2.30. The van der Waals surface area contributed by atoms with Crippen LogP contribution in [0.4, 0.5) is 5.69 Å². The predicted molar refractivity (Wildman–Crippen MR) is 144 cm³/mol. The number of nitrogens with one attached hydrogen (secondary N) is 2. The monoisotopic (exact) mass is 485 g/mol. The Bertz CT molecular complexity index is 1640. The molecule has 6 nitrogen and oxygen atoms in total. The van der Waals surface area contributed by atoms with Crippen LogP contribution in [0.2, 0.25) is 0 Å². The second kappa shape index (κ2) is 10.6. The molecule has 5 aromatic rings. The minimum Gasteiger partial charge on any atom is -0.465 e. The summed E-state index contributed by atoms with van der Waals surface area (Å²) >= 11 is 0. The van der Waals surface area contributed by atoms with Crippen molar-refractivity contribution in [1.29, 1.82) is 0 Å². The number of hydrogen-bond acceptors (Lipinski definition) is 4. The number of carbonyl (C=O) groups excluding carboxylic acids is 2. The number of fused-ring (bicyclic) bond motifs is 1. The van der Waals surface area contributed by atoms with Gasteiger partial charge in [0.15, 0.2) is 0 Å². The lowest BCUT2D eigenvalue weighted by Gasteiger charge is -2.11. The van der Waals surface area contributed by atoms with E-state index in [9.17, 15) is 9.59 Å². The van der Waals surface area contributed by atoms with E-state index in [0.29, 0.717) is 16.8 Å².